The molecule has 0 bridgehead atoms. The minimum Gasteiger partial charge on any atom is -0.494 e. The Hall–Kier alpha value is -3.22. The third-order valence-corrected chi connectivity index (χ3v) is 6.69. The Kier molecular flexibility index (Phi) is 6.77. The van der Waals surface area contributed by atoms with Gasteiger partial charge in [0.05, 0.1) is 12.3 Å². The molecule has 0 aliphatic carbocycles. The molecule has 7 heteroatoms. The van der Waals surface area contributed by atoms with E-state index in [0.717, 1.165) is 21.7 Å². The molecule has 1 N–H and O–H groups in total. The van der Waals surface area contributed by atoms with Crippen LogP contribution in [0.15, 0.2) is 82.2 Å². The van der Waals surface area contributed by atoms with Crippen molar-refractivity contribution in [3.8, 4) is 5.75 Å². The topological polar surface area (TPSA) is 58.6 Å². The zero-order valence-electron chi connectivity index (χ0n) is 18.5. The van der Waals surface area contributed by atoms with Crippen molar-refractivity contribution in [2.24, 2.45) is 0 Å². The molecule has 33 heavy (non-hydrogen) atoms. The summed E-state index contributed by atoms with van der Waals surface area (Å²) in [5.74, 6) is -0.101. The van der Waals surface area contributed by atoms with E-state index >= 15 is 0 Å². The summed E-state index contributed by atoms with van der Waals surface area (Å²) in [4.78, 5) is 29.3. The maximum absolute atomic E-state index is 13.5. The molecule has 1 aliphatic rings. The maximum atomic E-state index is 13.5. The van der Waals surface area contributed by atoms with Gasteiger partial charge in [0.15, 0.2) is 0 Å². The number of carbonyl (C=O) groups excluding carboxylic acids is 2. The summed E-state index contributed by atoms with van der Waals surface area (Å²) in [6, 6.07) is 19.9. The number of nitrogens with zero attached hydrogens (tertiary/aromatic N) is 1. The number of benzene rings is 3. The Balaban J connectivity index is 1.73. The molecule has 0 atom stereocenters. The van der Waals surface area contributed by atoms with E-state index in [1.807, 2.05) is 51.1 Å². The second kappa shape index (κ2) is 9.73. The summed E-state index contributed by atoms with van der Waals surface area (Å²) in [6.07, 6.45) is 0. The predicted octanol–water partition coefficient (Wildman–Crippen LogP) is 6.34. The molecule has 5 nitrogen and oxygen atoms in total. The van der Waals surface area contributed by atoms with Gasteiger partial charge in [0, 0.05) is 15.6 Å². The summed E-state index contributed by atoms with van der Waals surface area (Å²) >= 11 is 7.25. The first-order chi connectivity index (χ1) is 15.9. The molecular weight excluding hydrogens is 456 g/mol. The van der Waals surface area contributed by atoms with Crippen LogP contribution in [0.3, 0.4) is 0 Å². The van der Waals surface area contributed by atoms with Gasteiger partial charge in [-0.15, -0.1) is 0 Å². The lowest BCUT2D eigenvalue weighted by molar-refractivity contribution is -0.120. The second-order valence-corrected chi connectivity index (χ2v) is 9.03. The Morgan fingerprint density at radius 1 is 0.939 bits per heavy atom. The van der Waals surface area contributed by atoms with E-state index in [1.165, 1.54) is 16.7 Å². The maximum Gasteiger partial charge on any atom is 0.283 e. The van der Waals surface area contributed by atoms with Gasteiger partial charge in [0.1, 0.15) is 16.4 Å². The average molecular weight is 479 g/mol. The molecule has 0 fully saturated rings. The van der Waals surface area contributed by atoms with Crippen molar-refractivity contribution >= 4 is 46.6 Å². The summed E-state index contributed by atoms with van der Waals surface area (Å²) in [6.45, 7) is 6.42. The zero-order valence-corrected chi connectivity index (χ0v) is 20.1. The van der Waals surface area contributed by atoms with Gasteiger partial charge in [-0.2, -0.15) is 0 Å². The second-order valence-electron chi connectivity index (χ2n) is 7.51. The summed E-state index contributed by atoms with van der Waals surface area (Å²) in [5, 5.41) is 3.84. The lowest BCUT2D eigenvalue weighted by Gasteiger charge is -2.16. The number of ether oxygens (including phenoxy) is 1. The quantitative estimate of drug-likeness (QED) is 0.401. The molecule has 0 unspecified atom stereocenters. The number of halogens is 1. The lowest BCUT2D eigenvalue weighted by atomic mass is 10.1. The van der Waals surface area contributed by atoms with Crippen LogP contribution < -0.4 is 15.0 Å². The van der Waals surface area contributed by atoms with Gasteiger partial charge >= 0.3 is 0 Å². The molecule has 0 spiro atoms. The Bertz CT molecular complexity index is 1240. The first-order valence-corrected chi connectivity index (χ1v) is 11.7. The summed E-state index contributed by atoms with van der Waals surface area (Å²) < 4.78 is 5.49. The van der Waals surface area contributed by atoms with E-state index in [2.05, 4.69) is 5.32 Å². The third-order valence-electron chi connectivity index (χ3n) is 5.35. The van der Waals surface area contributed by atoms with Crippen molar-refractivity contribution in [2.45, 2.75) is 25.7 Å². The highest BCUT2D eigenvalue weighted by Gasteiger charge is 2.40. The third kappa shape index (κ3) is 4.77. The van der Waals surface area contributed by atoms with E-state index in [4.69, 9.17) is 16.3 Å². The molecule has 3 aromatic rings. The molecule has 3 aromatic carbocycles. The fraction of sp³-hybridized carbons (Fsp3) is 0.154. The highest BCUT2D eigenvalue weighted by atomic mass is 35.5. The van der Waals surface area contributed by atoms with Gasteiger partial charge in [-0.05, 0) is 86.5 Å². The Labute approximate surface area is 202 Å². The van der Waals surface area contributed by atoms with Gasteiger partial charge in [0.25, 0.3) is 11.8 Å². The van der Waals surface area contributed by atoms with Gasteiger partial charge in [-0.1, -0.05) is 35.5 Å². The van der Waals surface area contributed by atoms with Gasteiger partial charge in [0.2, 0.25) is 0 Å². The predicted molar refractivity (Wildman–Crippen MR) is 134 cm³/mol. The van der Waals surface area contributed by atoms with Crippen molar-refractivity contribution in [3.63, 3.8) is 0 Å². The number of hydrogen-bond acceptors (Lipinski definition) is 5. The van der Waals surface area contributed by atoms with Crippen LogP contribution in [0.5, 0.6) is 5.75 Å². The molecule has 0 aromatic heterocycles. The van der Waals surface area contributed by atoms with Gasteiger partial charge in [-0.3, -0.25) is 9.59 Å². The number of aryl methyl sites for hydroxylation is 1. The Morgan fingerprint density at radius 3 is 2.30 bits per heavy atom. The molecule has 4 rings (SSSR count). The van der Waals surface area contributed by atoms with Crippen LogP contribution in [0.1, 0.15) is 18.1 Å². The molecule has 2 amide bonds. The molecule has 0 saturated carbocycles. The largest absolute Gasteiger partial charge is 0.494 e. The van der Waals surface area contributed by atoms with Crippen molar-refractivity contribution in [1.29, 1.82) is 0 Å². The number of amides is 2. The van der Waals surface area contributed by atoms with Crippen LogP contribution in [0.25, 0.3) is 0 Å². The standard InChI is InChI=1S/C26H23ClN2O3S/c1-4-32-20-12-10-19(11-13-20)29-25(30)23(28-22-7-5-6-16(2)17(22)3)24(26(29)31)33-21-14-8-18(27)9-15-21/h5-15,28H,4H2,1-3H3. The number of carbonyl (C=O) groups is 2. The van der Waals surface area contributed by atoms with Gasteiger partial charge < -0.3 is 10.1 Å². The van der Waals surface area contributed by atoms with Crippen molar-refractivity contribution in [3.05, 3.63) is 93.5 Å². The lowest BCUT2D eigenvalue weighted by Crippen LogP contribution is -2.32. The van der Waals surface area contributed by atoms with E-state index < -0.39 is 5.91 Å². The number of anilines is 2. The van der Waals surface area contributed by atoms with Crippen molar-refractivity contribution in [1.82, 2.24) is 0 Å². The Morgan fingerprint density at radius 2 is 1.64 bits per heavy atom. The average Bonchev–Trinajstić information content (AvgIpc) is 3.03. The monoisotopic (exact) mass is 478 g/mol. The van der Waals surface area contributed by atoms with Crippen molar-refractivity contribution < 1.29 is 14.3 Å². The van der Waals surface area contributed by atoms with Crippen molar-refractivity contribution in [2.75, 3.05) is 16.8 Å². The van der Waals surface area contributed by atoms with Crippen LogP contribution >= 0.6 is 23.4 Å². The zero-order chi connectivity index (χ0) is 23.5. The van der Waals surface area contributed by atoms with Crippen LogP contribution in [0, 0.1) is 13.8 Å². The molecule has 0 saturated heterocycles. The molecule has 1 aliphatic heterocycles. The fourth-order valence-corrected chi connectivity index (χ4v) is 4.50. The minimum atomic E-state index is -0.401. The normalized spacial score (nSPS) is 13.6. The highest BCUT2D eigenvalue weighted by molar-refractivity contribution is 8.04. The summed E-state index contributed by atoms with van der Waals surface area (Å²) in [7, 11) is 0. The summed E-state index contributed by atoms with van der Waals surface area (Å²) in [5.41, 5.74) is 3.63. The molecular formula is C26H23ClN2O3S. The van der Waals surface area contributed by atoms with Crippen LogP contribution in [-0.4, -0.2) is 18.4 Å². The minimum absolute atomic E-state index is 0.252. The molecule has 0 radical (unpaired) electrons. The van der Waals surface area contributed by atoms with E-state index in [9.17, 15) is 9.59 Å². The highest BCUT2D eigenvalue weighted by Crippen LogP contribution is 2.39. The number of nitrogens with one attached hydrogen (secondary N) is 1. The van der Waals surface area contributed by atoms with Crippen LogP contribution in [0.2, 0.25) is 5.02 Å². The fourth-order valence-electron chi connectivity index (χ4n) is 3.45. The van der Waals surface area contributed by atoms with E-state index in [1.54, 1.807) is 36.4 Å². The number of rotatable bonds is 7. The smallest absolute Gasteiger partial charge is 0.283 e. The molecule has 1 heterocycles. The van der Waals surface area contributed by atoms with Gasteiger partial charge in [-0.25, -0.2) is 4.90 Å². The van der Waals surface area contributed by atoms with E-state index in [-0.39, 0.29) is 11.6 Å². The van der Waals surface area contributed by atoms with Crippen LogP contribution in [0.4, 0.5) is 11.4 Å². The SMILES string of the molecule is CCOc1ccc(N2C(=O)C(Nc3cccc(C)c3C)=C(Sc3ccc(Cl)cc3)C2=O)cc1. The number of hydrogen-bond donors (Lipinski definition) is 1. The first-order valence-electron chi connectivity index (χ1n) is 10.5. The van der Waals surface area contributed by atoms with E-state index in [0.29, 0.717) is 28.0 Å². The van der Waals surface area contributed by atoms with Crippen LogP contribution in [-0.2, 0) is 9.59 Å². The number of imide groups is 1. The first kappa shape index (κ1) is 23.0. The molecule has 168 valence electrons. The number of thioether (sulfide) groups is 1.